The van der Waals surface area contributed by atoms with Gasteiger partial charge >= 0.3 is 0 Å². The summed E-state index contributed by atoms with van der Waals surface area (Å²) in [7, 11) is 0. The molecule has 0 amide bonds. The summed E-state index contributed by atoms with van der Waals surface area (Å²) in [4.78, 5) is 4.15. The van der Waals surface area contributed by atoms with Crippen molar-refractivity contribution in [1.29, 1.82) is 0 Å². The second-order valence-corrected chi connectivity index (χ2v) is 8.99. The number of hydrogen-bond donors (Lipinski definition) is 0. The number of halogens is 3. The van der Waals surface area contributed by atoms with Crippen LogP contribution in [0.1, 0.15) is 17.0 Å². The molecule has 0 radical (unpaired) electrons. The molecule has 5 aromatic rings. The standard InChI is InChI=1S/C24H18Cl3N7/c1-15-29-31-24(33(15)14-18-4-2-3-5-21(18)27)22-23(17-6-8-28-9-7-17)34(32-30-22)13-16-10-19(25)12-20(26)11-16/h2-12H,13-14H2,1H3. The van der Waals surface area contributed by atoms with Gasteiger partial charge in [0.25, 0.3) is 0 Å². The first-order chi connectivity index (χ1) is 16.5. The molecule has 3 aromatic heterocycles. The summed E-state index contributed by atoms with van der Waals surface area (Å²) in [5.41, 5.74) is 4.14. The molecule has 0 saturated carbocycles. The summed E-state index contributed by atoms with van der Waals surface area (Å²) >= 11 is 18.9. The molecule has 0 bridgehead atoms. The fourth-order valence-electron chi connectivity index (χ4n) is 3.79. The van der Waals surface area contributed by atoms with E-state index in [2.05, 4.69) is 25.5 Å². The van der Waals surface area contributed by atoms with Crippen LogP contribution < -0.4 is 0 Å². The van der Waals surface area contributed by atoms with Crippen molar-refractivity contribution in [3.05, 3.63) is 99.0 Å². The van der Waals surface area contributed by atoms with Gasteiger partial charge in [0.05, 0.1) is 13.1 Å². The van der Waals surface area contributed by atoms with E-state index in [1.165, 1.54) is 0 Å². The van der Waals surface area contributed by atoms with Gasteiger partial charge in [0.1, 0.15) is 11.5 Å². The molecule has 3 heterocycles. The van der Waals surface area contributed by atoms with Crippen molar-refractivity contribution in [1.82, 2.24) is 34.7 Å². The summed E-state index contributed by atoms with van der Waals surface area (Å²) in [5, 5.41) is 19.5. The highest BCUT2D eigenvalue weighted by Crippen LogP contribution is 2.31. The molecule has 0 unspecified atom stereocenters. The highest BCUT2D eigenvalue weighted by Gasteiger charge is 2.23. The summed E-state index contributed by atoms with van der Waals surface area (Å²) in [5.74, 6) is 1.34. The van der Waals surface area contributed by atoms with Crippen LogP contribution in [0.15, 0.2) is 67.0 Å². The molecule has 0 aliphatic heterocycles. The number of nitrogens with zero attached hydrogens (tertiary/aromatic N) is 7. The third-order valence-electron chi connectivity index (χ3n) is 5.38. The van der Waals surface area contributed by atoms with Crippen LogP contribution >= 0.6 is 34.8 Å². The van der Waals surface area contributed by atoms with Gasteiger partial charge in [0.15, 0.2) is 11.5 Å². The van der Waals surface area contributed by atoms with Crippen LogP contribution in [0.3, 0.4) is 0 Å². The Morgan fingerprint density at radius 3 is 2.29 bits per heavy atom. The van der Waals surface area contributed by atoms with Crippen LogP contribution in [-0.4, -0.2) is 34.7 Å². The molecule has 0 spiro atoms. The zero-order valence-corrected chi connectivity index (χ0v) is 20.3. The van der Waals surface area contributed by atoms with E-state index < -0.39 is 0 Å². The Bertz CT molecular complexity index is 1440. The molecule has 34 heavy (non-hydrogen) atoms. The van der Waals surface area contributed by atoms with Gasteiger partial charge in [-0.05, 0) is 54.4 Å². The Morgan fingerprint density at radius 1 is 0.824 bits per heavy atom. The number of benzene rings is 2. The maximum atomic E-state index is 6.42. The fourth-order valence-corrected chi connectivity index (χ4v) is 4.55. The minimum absolute atomic E-state index is 0.419. The summed E-state index contributed by atoms with van der Waals surface area (Å²) in [6.07, 6.45) is 3.46. The topological polar surface area (TPSA) is 74.3 Å². The lowest BCUT2D eigenvalue weighted by molar-refractivity contribution is 0.655. The maximum Gasteiger partial charge on any atom is 0.187 e. The molecule has 170 valence electrons. The second kappa shape index (κ2) is 9.54. The Kier molecular flexibility index (Phi) is 6.32. The van der Waals surface area contributed by atoms with E-state index in [0.717, 1.165) is 28.2 Å². The predicted octanol–water partition coefficient (Wildman–Crippen LogP) is 5.96. The van der Waals surface area contributed by atoms with Gasteiger partial charge in [-0.15, -0.1) is 15.3 Å². The summed E-state index contributed by atoms with van der Waals surface area (Å²) in [6, 6.07) is 16.9. The molecule has 5 rings (SSSR count). The minimum atomic E-state index is 0.419. The largest absolute Gasteiger partial charge is 0.305 e. The first-order valence-corrected chi connectivity index (χ1v) is 11.6. The Labute approximate surface area is 211 Å². The lowest BCUT2D eigenvalue weighted by Crippen LogP contribution is -2.07. The molecular weight excluding hydrogens is 493 g/mol. The number of aromatic nitrogens is 7. The number of aryl methyl sites for hydroxylation is 1. The van der Waals surface area contributed by atoms with Gasteiger partial charge < -0.3 is 4.57 Å². The highest BCUT2D eigenvalue weighted by atomic mass is 35.5. The molecule has 0 saturated heterocycles. The van der Waals surface area contributed by atoms with Crippen LogP contribution in [0.4, 0.5) is 0 Å². The van der Waals surface area contributed by atoms with Gasteiger partial charge in [-0.1, -0.05) is 58.2 Å². The Balaban J connectivity index is 1.63. The fraction of sp³-hybridized carbons (Fsp3) is 0.125. The lowest BCUT2D eigenvalue weighted by Gasteiger charge is -2.11. The first kappa shape index (κ1) is 22.5. The third kappa shape index (κ3) is 4.55. The predicted molar refractivity (Wildman–Crippen MR) is 133 cm³/mol. The Morgan fingerprint density at radius 2 is 1.56 bits per heavy atom. The van der Waals surface area contributed by atoms with Crippen molar-refractivity contribution in [2.75, 3.05) is 0 Å². The quantitative estimate of drug-likeness (QED) is 0.282. The zero-order chi connectivity index (χ0) is 23.7. The number of rotatable bonds is 6. The van der Waals surface area contributed by atoms with Crippen molar-refractivity contribution in [3.63, 3.8) is 0 Å². The van der Waals surface area contributed by atoms with Crippen LogP contribution in [0.5, 0.6) is 0 Å². The monoisotopic (exact) mass is 509 g/mol. The van der Waals surface area contributed by atoms with E-state index >= 15 is 0 Å². The molecule has 7 nitrogen and oxygen atoms in total. The van der Waals surface area contributed by atoms with Crippen LogP contribution in [0.2, 0.25) is 15.1 Å². The highest BCUT2D eigenvalue weighted by molar-refractivity contribution is 6.34. The van der Waals surface area contributed by atoms with E-state index in [1.54, 1.807) is 23.1 Å². The molecule has 0 aliphatic rings. The average molecular weight is 511 g/mol. The zero-order valence-electron chi connectivity index (χ0n) is 18.0. The van der Waals surface area contributed by atoms with Gasteiger partial charge in [0.2, 0.25) is 0 Å². The maximum absolute atomic E-state index is 6.42. The van der Waals surface area contributed by atoms with E-state index in [1.807, 2.05) is 60.0 Å². The first-order valence-electron chi connectivity index (χ1n) is 10.4. The number of hydrogen-bond acceptors (Lipinski definition) is 5. The Hall–Kier alpha value is -3.26. The lowest BCUT2D eigenvalue weighted by atomic mass is 10.1. The van der Waals surface area contributed by atoms with E-state index in [-0.39, 0.29) is 0 Å². The molecule has 10 heteroatoms. The van der Waals surface area contributed by atoms with Crippen molar-refractivity contribution >= 4 is 34.8 Å². The van der Waals surface area contributed by atoms with Gasteiger partial charge in [0, 0.05) is 33.0 Å². The molecule has 0 aliphatic carbocycles. The van der Waals surface area contributed by atoms with Gasteiger partial charge in [-0.2, -0.15) is 0 Å². The van der Waals surface area contributed by atoms with Gasteiger partial charge in [-0.25, -0.2) is 4.68 Å². The molecular formula is C24H18Cl3N7. The van der Waals surface area contributed by atoms with Crippen LogP contribution in [-0.2, 0) is 13.1 Å². The van der Waals surface area contributed by atoms with Crippen LogP contribution in [0.25, 0.3) is 22.8 Å². The van der Waals surface area contributed by atoms with Crippen molar-refractivity contribution < 1.29 is 0 Å². The van der Waals surface area contributed by atoms with E-state index in [0.29, 0.717) is 39.7 Å². The van der Waals surface area contributed by atoms with Crippen molar-refractivity contribution in [3.8, 4) is 22.8 Å². The summed E-state index contributed by atoms with van der Waals surface area (Å²) in [6.45, 7) is 2.82. The minimum Gasteiger partial charge on any atom is -0.305 e. The molecule has 0 atom stereocenters. The van der Waals surface area contributed by atoms with Crippen molar-refractivity contribution in [2.45, 2.75) is 20.0 Å². The molecule has 2 aromatic carbocycles. The smallest absolute Gasteiger partial charge is 0.187 e. The normalized spacial score (nSPS) is 11.2. The van der Waals surface area contributed by atoms with E-state index in [4.69, 9.17) is 34.8 Å². The van der Waals surface area contributed by atoms with E-state index in [9.17, 15) is 0 Å². The second-order valence-electron chi connectivity index (χ2n) is 7.71. The summed E-state index contributed by atoms with van der Waals surface area (Å²) < 4.78 is 3.78. The third-order valence-corrected chi connectivity index (χ3v) is 6.18. The SMILES string of the molecule is Cc1nnc(-c2nnn(Cc3cc(Cl)cc(Cl)c3)c2-c2ccncc2)n1Cc1ccccc1Cl. The molecule has 0 fully saturated rings. The number of pyridine rings is 1. The van der Waals surface area contributed by atoms with Crippen molar-refractivity contribution in [2.24, 2.45) is 0 Å². The van der Waals surface area contributed by atoms with Gasteiger partial charge in [-0.3, -0.25) is 4.98 Å². The van der Waals surface area contributed by atoms with Crippen LogP contribution in [0, 0.1) is 6.92 Å². The average Bonchev–Trinajstić information content (AvgIpc) is 3.38. The molecule has 0 N–H and O–H groups in total.